The topological polar surface area (TPSA) is 21.3 Å². The Morgan fingerprint density at radius 2 is 1.90 bits per heavy atom. The van der Waals surface area contributed by atoms with Crippen molar-refractivity contribution < 1.29 is 4.74 Å². The van der Waals surface area contributed by atoms with Crippen molar-refractivity contribution in [1.82, 2.24) is 0 Å². The van der Waals surface area contributed by atoms with Crippen LogP contribution in [0.1, 0.15) is 12.5 Å². The van der Waals surface area contributed by atoms with E-state index in [0.717, 1.165) is 20.4 Å². The molecule has 0 bridgehead atoms. The van der Waals surface area contributed by atoms with Gasteiger partial charge in [0.1, 0.15) is 5.75 Å². The quantitative estimate of drug-likeness (QED) is 0.654. The molecule has 0 heterocycles. The van der Waals surface area contributed by atoms with Crippen LogP contribution >= 0.6 is 43.5 Å². The minimum absolute atomic E-state index is 0.625. The summed E-state index contributed by atoms with van der Waals surface area (Å²) in [5.41, 5.74) is 2.07. The van der Waals surface area contributed by atoms with Crippen LogP contribution in [-0.2, 0) is 6.54 Å². The van der Waals surface area contributed by atoms with Gasteiger partial charge >= 0.3 is 0 Å². The van der Waals surface area contributed by atoms with Gasteiger partial charge in [-0.25, -0.2) is 0 Å². The highest BCUT2D eigenvalue weighted by molar-refractivity contribution is 9.13. The first-order valence-electron chi connectivity index (χ1n) is 6.20. The summed E-state index contributed by atoms with van der Waals surface area (Å²) in [6.45, 7) is 3.29. The SMILES string of the molecule is CCOc1ccc(Cl)cc1NCc1ccc(Br)c(Br)c1. The van der Waals surface area contributed by atoms with Crippen LogP contribution in [0.15, 0.2) is 45.3 Å². The van der Waals surface area contributed by atoms with E-state index in [1.165, 1.54) is 5.56 Å². The Morgan fingerprint density at radius 1 is 1.10 bits per heavy atom. The van der Waals surface area contributed by atoms with E-state index in [-0.39, 0.29) is 0 Å². The number of benzene rings is 2. The Hall–Kier alpha value is -0.710. The van der Waals surface area contributed by atoms with Gasteiger partial charge in [-0.2, -0.15) is 0 Å². The highest BCUT2D eigenvalue weighted by atomic mass is 79.9. The minimum Gasteiger partial charge on any atom is -0.492 e. The van der Waals surface area contributed by atoms with E-state index >= 15 is 0 Å². The number of halogens is 3. The molecule has 2 rings (SSSR count). The van der Waals surface area contributed by atoms with Crippen molar-refractivity contribution in [2.75, 3.05) is 11.9 Å². The highest BCUT2D eigenvalue weighted by Gasteiger charge is 2.05. The molecule has 0 fully saturated rings. The minimum atomic E-state index is 0.625. The van der Waals surface area contributed by atoms with Gasteiger partial charge in [-0.05, 0) is 74.7 Å². The molecule has 0 spiro atoms. The highest BCUT2D eigenvalue weighted by Crippen LogP contribution is 2.29. The molecule has 0 atom stereocenters. The van der Waals surface area contributed by atoms with Crippen LogP contribution in [0, 0.1) is 0 Å². The average Bonchev–Trinajstić information content (AvgIpc) is 2.43. The molecule has 0 aromatic heterocycles. The fourth-order valence-electron chi connectivity index (χ4n) is 1.77. The molecule has 5 heteroatoms. The largest absolute Gasteiger partial charge is 0.492 e. The van der Waals surface area contributed by atoms with Gasteiger partial charge in [0.05, 0.1) is 12.3 Å². The summed E-state index contributed by atoms with van der Waals surface area (Å²) in [6.07, 6.45) is 0. The van der Waals surface area contributed by atoms with Crippen LogP contribution in [0.5, 0.6) is 5.75 Å². The van der Waals surface area contributed by atoms with E-state index in [0.29, 0.717) is 18.2 Å². The number of nitrogens with one attached hydrogen (secondary N) is 1. The molecule has 0 aliphatic heterocycles. The number of hydrogen-bond acceptors (Lipinski definition) is 2. The van der Waals surface area contributed by atoms with Crippen LogP contribution in [0.4, 0.5) is 5.69 Å². The van der Waals surface area contributed by atoms with Gasteiger partial charge in [0.15, 0.2) is 0 Å². The molecule has 0 unspecified atom stereocenters. The van der Waals surface area contributed by atoms with Crippen LogP contribution in [0.25, 0.3) is 0 Å². The molecule has 2 aromatic carbocycles. The summed E-state index contributed by atoms with van der Waals surface area (Å²) in [5.74, 6) is 0.813. The Balaban J connectivity index is 2.13. The molecule has 0 amide bonds. The number of anilines is 1. The van der Waals surface area contributed by atoms with Gasteiger partial charge < -0.3 is 10.1 Å². The van der Waals surface area contributed by atoms with E-state index < -0.39 is 0 Å². The van der Waals surface area contributed by atoms with Gasteiger partial charge in [0.25, 0.3) is 0 Å². The standard InChI is InChI=1S/C15H14Br2ClNO/c1-2-20-15-6-4-11(18)8-14(15)19-9-10-3-5-12(16)13(17)7-10/h3-8,19H,2,9H2,1H3. The van der Waals surface area contributed by atoms with E-state index in [4.69, 9.17) is 16.3 Å². The zero-order chi connectivity index (χ0) is 14.5. The summed E-state index contributed by atoms with van der Waals surface area (Å²) in [6, 6.07) is 11.7. The second kappa shape index (κ2) is 7.34. The first-order valence-corrected chi connectivity index (χ1v) is 8.16. The Bertz CT molecular complexity index is 604. The number of hydrogen-bond donors (Lipinski definition) is 1. The molecule has 1 N–H and O–H groups in total. The van der Waals surface area contributed by atoms with Crippen LogP contribution in [-0.4, -0.2) is 6.61 Å². The summed E-state index contributed by atoms with van der Waals surface area (Å²) < 4.78 is 7.66. The Labute approximate surface area is 140 Å². The molecule has 2 nitrogen and oxygen atoms in total. The van der Waals surface area contributed by atoms with E-state index in [2.05, 4.69) is 49.3 Å². The molecule has 0 radical (unpaired) electrons. The lowest BCUT2D eigenvalue weighted by Crippen LogP contribution is -2.02. The van der Waals surface area contributed by atoms with Crippen LogP contribution in [0.3, 0.4) is 0 Å². The monoisotopic (exact) mass is 417 g/mol. The first kappa shape index (κ1) is 15.7. The molecule has 0 saturated carbocycles. The van der Waals surface area contributed by atoms with Crippen LogP contribution in [0.2, 0.25) is 5.02 Å². The normalized spacial score (nSPS) is 10.4. The summed E-state index contributed by atoms with van der Waals surface area (Å²) in [5, 5.41) is 4.04. The first-order chi connectivity index (χ1) is 9.60. The van der Waals surface area contributed by atoms with Crippen LogP contribution < -0.4 is 10.1 Å². The van der Waals surface area contributed by atoms with Gasteiger partial charge in [-0.1, -0.05) is 17.7 Å². The maximum atomic E-state index is 6.04. The second-order valence-corrected chi connectivity index (χ2v) is 6.32. The maximum Gasteiger partial charge on any atom is 0.142 e. The van der Waals surface area contributed by atoms with Crippen molar-refractivity contribution in [3.8, 4) is 5.75 Å². The lowest BCUT2D eigenvalue weighted by atomic mass is 10.2. The molecule has 106 valence electrons. The lowest BCUT2D eigenvalue weighted by Gasteiger charge is -2.13. The van der Waals surface area contributed by atoms with Crippen molar-refractivity contribution in [3.63, 3.8) is 0 Å². The molecule has 20 heavy (non-hydrogen) atoms. The zero-order valence-corrected chi connectivity index (χ0v) is 14.8. The van der Waals surface area contributed by atoms with Crippen molar-refractivity contribution in [2.45, 2.75) is 13.5 Å². The van der Waals surface area contributed by atoms with Crippen molar-refractivity contribution >= 4 is 49.1 Å². The van der Waals surface area contributed by atoms with E-state index in [1.54, 1.807) is 0 Å². The fraction of sp³-hybridized carbons (Fsp3) is 0.200. The molecule has 0 aliphatic rings. The summed E-state index contributed by atoms with van der Waals surface area (Å²) in [7, 11) is 0. The van der Waals surface area contributed by atoms with E-state index in [1.807, 2.05) is 31.2 Å². The maximum absolute atomic E-state index is 6.04. The summed E-state index contributed by atoms with van der Waals surface area (Å²) in [4.78, 5) is 0. The predicted octanol–water partition coefficient (Wildman–Crippen LogP) is 5.88. The molecular weight excluding hydrogens is 405 g/mol. The van der Waals surface area contributed by atoms with Gasteiger partial charge in [0.2, 0.25) is 0 Å². The molecular formula is C15H14Br2ClNO. The number of rotatable bonds is 5. The average molecular weight is 420 g/mol. The van der Waals surface area contributed by atoms with Gasteiger partial charge in [0, 0.05) is 20.5 Å². The number of ether oxygens (including phenoxy) is 1. The fourth-order valence-corrected chi connectivity index (χ4v) is 2.61. The van der Waals surface area contributed by atoms with Crippen molar-refractivity contribution in [3.05, 3.63) is 55.9 Å². The summed E-state index contributed by atoms with van der Waals surface area (Å²) >= 11 is 13.0. The molecule has 0 saturated heterocycles. The third-order valence-corrected chi connectivity index (χ3v) is 4.82. The Kier molecular flexibility index (Phi) is 5.75. The third-order valence-electron chi connectivity index (χ3n) is 2.71. The zero-order valence-electron chi connectivity index (χ0n) is 10.9. The van der Waals surface area contributed by atoms with E-state index in [9.17, 15) is 0 Å². The van der Waals surface area contributed by atoms with Crippen molar-refractivity contribution in [2.24, 2.45) is 0 Å². The second-order valence-electron chi connectivity index (χ2n) is 4.18. The van der Waals surface area contributed by atoms with Gasteiger partial charge in [-0.3, -0.25) is 0 Å². The van der Waals surface area contributed by atoms with Crippen molar-refractivity contribution in [1.29, 1.82) is 0 Å². The third kappa shape index (κ3) is 4.14. The lowest BCUT2D eigenvalue weighted by molar-refractivity contribution is 0.341. The smallest absolute Gasteiger partial charge is 0.142 e. The molecule has 0 aliphatic carbocycles. The molecule has 2 aromatic rings. The Morgan fingerprint density at radius 3 is 2.60 bits per heavy atom. The predicted molar refractivity (Wildman–Crippen MR) is 91.8 cm³/mol. The van der Waals surface area contributed by atoms with Gasteiger partial charge in [-0.15, -0.1) is 0 Å².